The largest absolute Gasteiger partial charge is 0.351 e. The van der Waals surface area contributed by atoms with E-state index in [1.165, 1.54) is 6.07 Å². The molecule has 0 aromatic heterocycles. The summed E-state index contributed by atoms with van der Waals surface area (Å²) in [7, 11) is 0. The molecule has 26 heavy (non-hydrogen) atoms. The predicted octanol–water partition coefficient (Wildman–Crippen LogP) is 3.58. The zero-order valence-electron chi connectivity index (χ0n) is 14.4. The van der Waals surface area contributed by atoms with Crippen molar-refractivity contribution in [2.24, 2.45) is 0 Å². The second-order valence-corrected chi connectivity index (χ2v) is 6.43. The minimum Gasteiger partial charge on any atom is -0.351 e. The van der Waals surface area contributed by atoms with Gasteiger partial charge in [0.25, 0.3) is 0 Å². The summed E-state index contributed by atoms with van der Waals surface area (Å²) in [6.07, 6.45) is 1.86. The Kier molecular flexibility index (Phi) is 7.54. The molecule has 0 radical (unpaired) electrons. The Balaban J connectivity index is 0.00000243. The number of rotatable bonds is 5. The van der Waals surface area contributed by atoms with Crippen molar-refractivity contribution in [3.05, 3.63) is 71.3 Å². The van der Waals surface area contributed by atoms with Crippen molar-refractivity contribution in [2.45, 2.75) is 31.2 Å². The van der Waals surface area contributed by atoms with Crippen molar-refractivity contribution in [2.75, 3.05) is 13.1 Å². The fraction of sp³-hybridized carbons (Fsp3) is 0.350. The molecule has 2 unspecified atom stereocenters. The minimum atomic E-state index is -0.846. The quantitative estimate of drug-likeness (QED) is 0.832. The topological polar surface area (TPSA) is 41.1 Å². The molecule has 0 saturated carbocycles. The van der Waals surface area contributed by atoms with Gasteiger partial charge >= 0.3 is 0 Å². The second-order valence-electron chi connectivity index (χ2n) is 6.43. The van der Waals surface area contributed by atoms with Crippen LogP contribution in [0.25, 0.3) is 0 Å². The van der Waals surface area contributed by atoms with E-state index >= 15 is 0 Å². The number of amides is 1. The molecular weight excluding hydrogens is 358 g/mol. The summed E-state index contributed by atoms with van der Waals surface area (Å²) >= 11 is 0. The van der Waals surface area contributed by atoms with E-state index in [-0.39, 0.29) is 30.3 Å². The van der Waals surface area contributed by atoms with Crippen LogP contribution < -0.4 is 10.6 Å². The Morgan fingerprint density at radius 2 is 1.88 bits per heavy atom. The molecule has 2 aromatic carbocycles. The molecule has 1 amide bonds. The minimum absolute atomic E-state index is 0. The Labute approximate surface area is 158 Å². The smallest absolute Gasteiger partial charge is 0.220 e. The maximum absolute atomic E-state index is 13.6. The third kappa shape index (κ3) is 5.26. The maximum Gasteiger partial charge on any atom is 0.220 e. The highest BCUT2D eigenvalue weighted by Crippen LogP contribution is 2.27. The van der Waals surface area contributed by atoms with E-state index in [4.69, 9.17) is 0 Å². The molecule has 1 heterocycles. The summed E-state index contributed by atoms with van der Waals surface area (Å²) in [6, 6.07) is 13.7. The van der Waals surface area contributed by atoms with Crippen molar-refractivity contribution < 1.29 is 13.6 Å². The number of carbonyl (C=O) groups excluding carboxylic acids is 1. The molecule has 2 aromatic rings. The molecule has 6 heteroatoms. The van der Waals surface area contributed by atoms with Gasteiger partial charge in [-0.1, -0.05) is 36.4 Å². The van der Waals surface area contributed by atoms with E-state index in [0.29, 0.717) is 19.4 Å². The molecule has 1 fully saturated rings. The van der Waals surface area contributed by atoms with Crippen LogP contribution in [-0.2, 0) is 11.2 Å². The third-order valence-electron chi connectivity index (χ3n) is 4.68. The van der Waals surface area contributed by atoms with Gasteiger partial charge in [-0.3, -0.25) is 4.79 Å². The lowest BCUT2D eigenvalue weighted by molar-refractivity contribution is -0.122. The number of halogens is 3. The second kappa shape index (κ2) is 9.64. The fourth-order valence-electron chi connectivity index (χ4n) is 3.33. The van der Waals surface area contributed by atoms with E-state index < -0.39 is 11.6 Å². The highest BCUT2D eigenvalue weighted by atomic mass is 35.5. The Bertz CT molecular complexity index is 727. The van der Waals surface area contributed by atoms with Gasteiger partial charge in [0.05, 0.1) is 0 Å². The highest BCUT2D eigenvalue weighted by Gasteiger charge is 2.28. The van der Waals surface area contributed by atoms with Crippen LogP contribution in [0.15, 0.2) is 48.5 Å². The molecule has 2 atom stereocenters. The lowest BCUT2D eigenvalue weighted by Crippen LogP contribution is -2.50. The number of hydrogen-bond donors (Lipinski definition) is 2. The van der Waals surface area contributed by atoms with Gasteiger partial charge in [0, 0.05) is 24.9 Å². The van der Waals surface area contributed by atoms with Gasteiger partial charge in [0.1, 0.15) is 0 Å². The Hall–Kier alpha value is -1.98. The van der Waals surface area contributed by atoms with Crippen LogP contribution in [0.4, 0.5) is 8.78 Å². The fourth-order valence-corrected chi connectivity index (χ4v) is 3.33. The van der Waals surface area contributed by atoms with Gasteiger partial charge in [-0.2, -0.15) is 0 Å². The number of piperidine rings is 1. The van der Waals surface area contributed by atoms with E-state index in [2.05, 4.69) is 10.6 Å². The molecule has 0 spiro atoms. The van der Waals surface area contributed by atoms with Crippen LogP contribution >= 0.6 is 12.4 Å². The first-order valence-corrected chi connectivity index (χ1v) is 8.62. The van der Waals surface area contributed by atoms with Crippen LogP contribution in [0, 0.1) is 11.6 Å². The number of benzene rings is 2. The highest BCUT2D eigenvalue weighted by molar-refractivity contribution is 5.85. The molecule has 1 aliphatic heterocycles. The zero-order valence-corrected chi connectivity index (χ0v) is 15.2. The number of nitrogens with one attached hydrogen (secondary N) is 2. The average molecular weight is 381 g/mol. The van der Waals surface area contributed by atoms with Crippen LogP contribution in [0.1, 0.15) is 29.9 Å². The number of aryl methyl sites for hydroxylation is 1. The van der Waals surface area contributed by atoms with Crippen molar-refractivity contribution in [1.29, 1.82) is 0 Å². The number of carbonyl (C=O) groups is 1. The van der Waals surface area contributed by atoms with Gasteiger partial charge in [-0.25, -0.2) is 8.78 Å². The standard InChI is InChI=1S/C20H22F2N2O.ClH/c21-17-8-7-15(12-18(17)22)16-10-11-23-13-19(16)24-20(25)9-6-14-4-2-1-3-5-14;/h1-5,7-8,12,16,19,23H,6,9-11,13H2,(H,24,25);1H. The summed E-state index contributed by atoms with van der Waals surface area (Å²) in [4.78, 5) is 12.3. The van der Waals surface area contributed by atoms with Gasteiger partial charge in [-0.15, -0.1) is 12.4 Å². The SMILES string of the molecule is Cl.O=C(CCc1ccccc1)NC1CNCCC1c1ccc(F)c(F)c1. The first-order valence-electron chi connectivity index (χ1n) is 8.62. The molecular formula is C20H23ClF2N2O. The first kappa shape index (κ1) is 20.3. The number of hydrogen-bond acceptors (Lipinski definition) is 2. The lowest BCUT2D eigenvalue weighted by atomic mass is 9.86. The molecule has 3 rings (SSSR count). The molecule has 140 valence electrons. The summed E-state index contributed by atoms with van der Waals surface area (Å²) in [6.45, 7) is 1.42. The first-order chi connectivity index (χ1) is 12.1. The van der Waals surface area contributed by atoms with E-state index in [1.54, 1.807) is 6.07 Å². The van der Waals surface area contributed by atoms with Crippen molar-refractivity contribution >= 4 is 18.3 Å². The molecule has 1 aliphatic rings. The normalized spacial score (nSPS) is 19.5. The van der Waals surface area contributed by atoms with E-state index in [9.17, 15) is 13.6 Å². The Morgan fingerprint density at radius 1 is 1.12 bits per heavy atom. The molecule has 3 nitrogen and oxygen atoms in total. The average Bonchev–Trinajstić information content (AvgIpc) is 2.64. The van der Waals surface area contributed by atoms with Crippen LogP contribution in [0.3, 0.4) is 0 Å². The van der Waals surface area contributed by atoms with Gasteiger partial charge in [-0.05, 0) is 42.6 Å². The van der Waals surface area contributed by atoms with Crippen molar-refractivity contribution in [1.82, 2.24) is 10.6 Å². The van der Waals surface area contributed by atoms with Gasteiger partial charge in [0.15, 0.2) is 11.6 Å². The third-order valence-corrected chi connectivity index (χ3v) is 4.68. The molecule has 0 aliphatic carbocycles. The van der Waals surface area contributed by atoms with E-state index in [0.717, 1.165) is 30.2 Å². The monoisotopic (exact) mass is 380 g/mol. The lowest BCUT2D eigenvalue weighted by Gasteiger charge is -2.33. The van der Waals surface area contributed by atoms with Gasteiger partial charge < -0.3 is 10.6 Å². The van der Waals surface area contributed by atoms with Crippen LogP contribution in [-0.4, -0.2) is 25.0 Å². The van der Waals surface area contributed by atoms with Crippen LogP contribution in [0.2, 0.25) is 0 Å². The molecule has 0 bridgehead atoms. The van der Waals surface area contributed by atoms with Crippen molar-refractivity contribution in [3.8, 4) is 0 Å². The summed E-state index contributed by atoms with van der Waals surface area (Å²) in [5.41, 5.74) is 1.85. The summed E-state index contributed by atoms with van der Waals surface area (Å²) in [5, 5.41) is 6.31. The predicted molar refractivity (Wildman–Crippen MR) is 101 cm³/mol. The summed E-state index contributed by atoms with van der Waals surface area (Å²) in [5.74, 6) is -1.73. The Morgan fingerprint density at radius 3 is 2.62 bits per heavy atom. The van der Waals surface area contributed by atoms with E-state index in [1.807, 2.05) is 30.3 Å². The molecule has 2 N–H and O–H groups in total. The van der Waals surface area contributed by atoms with Crippen LogP contribution in [0.5, 0.6) is 0 Å². The maximum atomic E-state index is 13.6. The van der Waals surface area contributed by atoms with Crippen molar-refractivity contribution in [3.63, 3.8) is 0 Å². The summed E-state index contributed by atoms with van der Waals surface area (Å²) < 4.78 is 26.7. The molecule has 1 saturated heterocycles. The zero-order chi connectivity index (χ0) is 17.6. The van der Waals surface area contributed by atoms with Gasteiger partial charge in [0.2, 0.25) is 5.91 Å².